The average molecular weight is 280 g/mol. The molecule has 3 heteroatoms. The molecule has 1 aliphatic rings. The number of rotatable bonds is 2. The first-order chi connectivity index (χ1) is 9.01. The van der Waals surface area contributed by atoms with E-state index < -0.39 is 11.2 Å². The molecule has 1 heterocycles. The first kappa shape index (κ1) is 17.0. The van der Waals surface area contributed by atoms with Gasteiger partial charge in [-0.05, 0) is 40.2 Å². The van der Waals surface area contributed by atoms with Crippen LogP contribution in [0.5, 0.6) is 5.75 Å². The lowest BCUT2D eigenvalue weighted by Gasteiger charge is -2.31. The number of fused-ring (bicyclic) bond motifs is 1. The van der Waals surface area contributed by atoms with Crippen molar-refractivity contribution in [3.05, 3.63) is 29.8 Å². The van der Waals surface area contributed by atoms with Gasteiger partial charge in [0.1, 0.15) is 5.75 Å². The van der Waals surface area contributed by atoms with E-state index in [1.165, 1.54) is 5.56 Å². The summed E-state index contributed by atoms with van der Waals surface area (Å²) in [5.74, 6) is 1.07. The summed E-state index contributed by atoms with van der Waals surface area (Å²) in [5, 5.41) is 18.2. The molecule has 1 atom stereocenters. The van der Waals surface area contributed by atoms with Crippen LogP contribution in [0.4, 0.5) is 0 Å². The van der Waals surface area contributed by atoms with E-state index in [1.807, 2.05) is 6.07 Å². The predicted molar refractivity (Wildman–Crippen MR) is 82.2 cm³/mol. The van der Waals surface area contributed by atoms with E-state index in [4.69, 9.17) is 14.9 Å². The van der Waals surface area contributed by atoms with Gasteiger partial charge in [-0.15, -0.1) is 0 Å². The summed E-state index contributed by atoms with van der Waals surface area (Å²) in [6, 6.07) is 8.34. The zero-order chi connectivity index (χ0) is 15.6. The summed E-state index contributed by atoms with van der Waals surface area (Å²) >= 11 is 0. The van der Waals surface area contributed by atoms with Gasteiger partial charge in [-0.3, -0.25) is 0 Å². The molecule has 2 N–H and O–H groups in total. The second-order valence-electron chi connectivity index (χ2n) is 6.82. The Morgan fingerprint density at radius 2 is 1.60 bits per heavy atom. The molecule has 0 saturated carbocycles. The van der Waals surface area contributed by atoms with E-state index >= 15 is 0 Å². The van der Waals surface area contributed by atoms with Crippen LogP contribution in [0.3, 0.4) is 0 Å². The first-order valence-corrected chi connectivity index (χ1v) is 7.18. The molecule has 1 aliphatic heterocycles. The molecule has 1 aromatic carbocycles. The third-order valence-corrected chi connectivity index (χ3v) is 4.36. The molecular weight excluding hydrogens is 252 g/mol. The van der Waals surface area contributed by atoms with Crippen LogP contribution < -0.4 is 4.74 Å². The first-order valence-electron chi connectivity index (χ1n) is 7.18. The summed E-state index contributed by atoms with van der Waals surface area (Å²) in [7, 11) is 0. The smallest absolute Gasteiger partial charge is 0.123 e. The van der Waals surface area contributed by atoms with E-state index in [1.54, 1.807) is 27.7 Å². The molecule has 3 nitrogen and oxygen atoms in total. The van der Waals surface area contributed by atoms with Gasteiger partial charge in [0.05, 0.1) is 17.8 Å². The summed E-state index contributed by atoms with van der Waals surface area (Å²) < 4.78 is 5.60. The van der Waals surface area contributed by atoms with Gasteiger partial charge in [-0.2, -0.15) is 0 Å². The second-order valence-corrected chi connectivity index (χ2v) is 6.82. The number of hydrogen-bond acceptors (Lipinski definition) is 3. The van der Waals surface area contributed by atoms with Crippen molar-refractivity contribution in [1.82, 2.24) is 0 Å². The molecule has 0 fully saturated rings. The predicted octanol–water partition coefficient (Wildman–Crippen LogP) is 3.27. The SMILES string of the molecule is CC(C)(O)C(C)(C)O.CCC1(C)COc2ccccc21. The Morgan fingerprint density at radius 1 is 1.10 bits per heavy atom. The van der Waals surface area contributed by atoms with Crippen LogP contribution in [0.15, 0.2) is 24.3 Å². The normalized spacial score (nSPS) is 21.6. The van der Waals surface area contributed by atoms with Crippen LogP contribution in [-0.2, 0) is 5.41 Å². The molecule has 0 bridgehead atoms. The number of para-hydroxylation sites is 1. The average Bonchev–Trinajstić information content (AvgIpc) is 2.67. The van der Waals surface area contributed by atoms with Crippen LogP contribution in [0.2, 0.25) is 0 Å². The molecule has 0 spiro atoms. The van der Waals surface area contributed by atoms with Gasteiger partial charge >= 0.3 is 0 Å². The Labute approximate surface area is 122 Å². The molecule has 2 rings (SSSR count). The van der Waals surface area contributed by atoms with Gasteiger partial charge in [0, 0.05) is 11.0 Å². The van der Waals surface area contributed by atoms with Crippen LogP contribution in [-0.4, -0.2) is 28.0 Å². The number of hydrogen-bond donors (Lipinski definition) is 2. The fourth-order valence-electron chi connectivity index (χ4n) is 1.70. The van der Waals surface area contributed by atoms with Gasteiger partial charge in [-0.25, -0.2) is 0 Å². The molecule has 1 aromatic rings. The lowest BCUT2D eigenvalue weighted by molar-refractivity contribution is -0.107. The summed E-state index contributed by atoms with van der Waals surface area (Å²) in [4.78, 5) is 0. The van der Waals surface area contributed by atoms with Crippen molar-refractivity contribution >= 4 is 0 Å². The highest BCUT2D eigenvalue weighted by Gasteiger charge is 2.34. The maximum absolute atomic E-state index is 9.10. The number of benzene rings is 1. The van der Waals surface area contributed by atoms with E-state index in [0.717, 1.165) is 18.8 Å². The van der Waals surface area contributed by atoms with Gasteiger partial charge in [-0.1, -0.05) is 32.0 Å². The molecule has 0 amide bonds. The quantitative estimate of drug-likeness (QED) is 0.874. The molecule has 0 aromatic heterocycles. The Kier molecular flexibility index (Phi) is 4.88. The Balaban J connectivity index is 0.000000221. The van der Waals surface area contributed by atoms with E-state index in [9.17, 15) is 0 Å². The van der Waals surface area contributed by atoms with Crippen molar-refractivity contribution in [2.75, 3.05) is 6.61 Å². The van der Waals surface area contributed by atoms with Crippen molar-refractivity contribution in [2.45, 2.75) is 64.6 Å². The standard InChI is InChI=1S/C11H14O.C6H14O2/c1-3-11(2)8-12-10-7-5-4-6-9(10)11;1-5(2,7)6(3,4)8/h4-7H,3,8H2,1-2H3;7-8H,1-4H3. The van der Waals surface area contributed by atoms with Gasteiger partial charge < -0.3 is 14.9 Å². The highest BCUT2D eigenvalue weighted by atomic mass is 16.5. The zero-order valence-corrected chi connectivity index (χ0v) is 13.5. The highest BCUT2D eigenvalue weighted by molar-refractivity contribution is 5.42. The fraction of sp³-hybridized carbons (Fsp3) is 0.647. The van der Waals surface area contributed by atoms with E-state index in [0.29, 0.717) is 0 Å². The second kappa shape index (κ2) is 5.74. The third kappa shape index (κ3) is 3.74. The van der Waals surface area contributed by atoms with E-state index in [-0.39, 0.29) is 5.41 Å². The van der Waals surface area contributed by atoms with Crippen molar-refractivity contribution in [3.63, 3.8) is 0 Å². The molecule has 0 saturated heterocycles. The van der Waals surface area contributed by atoms with Crippen LogP contribution in [0, 0.1) is 0 Å². The Morgan fingerprint density at radius 3 is 2.05 bits per heavy atom. The highest BCUT2D eigenvalue weighted by Crippen LogP contribution is 2.40. The van der Waals surface area contributed by atoms with Crippen LogP contribution >= 0.6 is 0 Å². The van der Waals surface area contributed by atoms with Gasteiger partial charge in [0.25, 0.3) is 0 Å². The lowest BCUT2D eigenvalue weighted by atomic mass is 9.82. The lowest BCUT2D eigenvalue weighted by Crippen LogP contribution is -2.44. The molecule has 20 heavy (non-hydrogen) atoms. The maximum atomic E-state index is 9.10. The van der Waals surface area contributed by atoms with Gasteiger partial charge in [0.15, 0.2) is 0 Å². The Hall–Kier alpha value is -1.06. The topological polar surface area (TPSA) is 49.7 Å². The van der Waals surface area contributed by atoms with Crippen molar-refractivity contribution < 1.29 is 14.9 Å². The third-order valence-electron chi connectivity index (χ3n) is 4.36. The van der Waals surface area contributed by atoms with Crippen molar-refractivity contribution in [3.8, 4) is 5.75 Å². The minimum Gasteiger partial charge on any atom is -0.492 e. The maximum Gasteiger partial charge on any atom is 0.123 e. The molecule has 1 unspecified atom stereocenters. The van der Waals surface area contributed by atoms with E-state index in [2.05, 4.69) is 32.0 Å². The number of aliphatic hydroxyl groups is 2. The summed E-state index contributed by atoms with van der Waals surface area (Å²) in [5.41, 5.74) is -0.399. The largest absolute Gasteiger partial charge is 0.492 e. The fourth-order valence-corrected chi connectivity index (χ4v) is 1.70. The Bertz CT molecular complexity index is 428. The minimum absolute atomic E-state index is 0.247. The summed E-state index contributed by atoms with van der Waals surface area (Å²) in [6.07, 6.45) is 1.14. The van der Waals surface area contributed by atoms with Crippen molar-refractivity contribution in [1.29, 1.82) is 0 Å². The van der Waals surface area contributed by atoms with Crippen LogP contribution in [0.25, 0.3) is 0 Å². The molecule has 0 radical (unpaired) electrons. The van der Waals surface area contributed by atoms with Crippen LogP contribution in [0.1, 0.15) is 53.5 Å². The summed E-state index contributed by atoms with van der Waals surface area (Å²) in [6.45, 7) is 11.6. The minimum atomic E-state index is -1.01. The molecular formula is C17H28O3. The number of ether oxygens (including phenoxy) is 1. The zero-order valence-electron chi connectivity index (χ0n) is 13.5. The molecule has 0 aliphatic carbocycles. The van der Waals surface area contributed by atoms with Crippen molar-refractivity contribution in [2.24, 2.45) is 0 Å². The van der Waals surface area contributed by atoms with Gasteiger partial charge in [0.2, 0.25) is 0 Å². The molecule has 114 valence electrons. The monoisotopic (exact) mass is 280 g/mol.